The van der Waals surface area contributed by atoms with E-state index in [9.17, 15) is 12.8 Å². The first-order valence-electron chi connectivity index (χ1n) is 10.4. The van der Waals surface area contributed by atoms with Gasteiger partial charge in [-0.25, -0.2) is 17.2 Å². The van der Waals surface area contributed by atoms with Gasteiger partial charge in [-0.15, -0.1) is 0 Å². The van der Waals surface area contributed by atoms with Crippen LogP contribution in [0.25, 0.3) is 0 Å². The number of halogens is 2. The molecule has 1 unspecified atom stereocenters. The second kappa shape index (κ2) is 8.39. The number of hydrogen-bond acceptors (Lipinski definition) is 5. The van der Waals surface area contributed by atoms with E-state index in [0.29, 0.717) is 17.9 Å². The summed E-state index contributed by atoms with van der Waals surface area (Å²) in [5, 5.41) is -2.31. The van der Waals surface area contributed by atoms with E-state index < -0.39 is 14.8 Å². The molecule has 0 saturated carbocycles. The molecule has 0 N–H and O–H groups in total. The van der Waals surface area contributed by atoms with Crippen molar-refractivity contribution in [3.63, 3.8) is 0 Å². The topological polar surface area (TPSA) is 55.8 Å². The summed E-state index contributed by atoms with van der Waals surface area (Å²) in [6.07, 6.45) is 1.27. The predicted molar refractivity (Wildman–Crippen MR) is 113 cm³/mol. The number of hydrogen-bond donors (Lipinski definition) is 0. The Labute approximate surface area is 181 Å². The van der Waals surface area contributed by atoms with Crippen molar-refractivity contribution in [2.45, 2.75) is 42.1 Å². The van der Waals surface area contributed by atoms with Gasteiger partial charge in [0.15, 0.2) is 11.5 Å². The van der Waals surface area contributed by atoms with Crippen LogP contribution < -0.4 is 9.47 Å². The van der Waals surface area contributed by atoms with E-state index in [-0.39, 0.29) is 35.2 Å². The predicted octanol–water partition coefficient (Wildman–Crippen LogP) is 4.14. The van der Waals surface area contributed by atoms with E-state index in [0.717, 1.165) is 31.5 Å². The first-order valence-corrected chi connectivity index (χ1v) is 11.9. The normalized spacial score (nSPS) is 23.5. The zero-order valence-electron chi connectivity index (χ0n) is 17.7. The summed E-state index contributed by atoms with van der Waals surface area (Å²) in [7, 11) is -1.23. The van der Waals surface area contributed by atoms with E-state index in [4.69, 9.17) is 9.47 Å². The number of alkyl halides is 1. The van der Waals surface area contributed by atoms with E-state index in [1.54, 1.807) is 18.2 Å². The number of methoxy groups -OCH3 is 2. The van der Waals surface area contributed by atoms with Crippen LogP contribution in [0.3, 0.4) is 0 Å². The van der Waals surface area contributed by atoms with Gasteiger partial charge in [0.05, 0.1) is 19.1 Å². The number of rotatable bonds is 6. The highest BCUT2D eigenvalue weighted by Gasteiger charge is 2.53. The fraction of sp³-hybridized carbons (Fsp3) is 0.478. The number of fused-ring (bicyclic) bond motifs is 1. The van der Waals surface area contributed by atoms with Crippen LogP contribution >= 0.6 is 0 Å². The molecule has 1 saturated heterocycles. The highest BCUT2D eigenvalue weighted by atomic mass is 32.2. The van der Waals surface area contributed by atoms with Crippen LogP contribution in [0.1, 0.15) is 30.4 Å². The van der Waals surface area contributed by atoms with Gasteiger partial charge in [0, 0.05) is 19.0 Å². The molecule has 2 aliphatic heterocycles. The van der Waals surface area contributed by atoms with Crippen LogP contribution in [0.5, 0.6) is 11.5 Å². The first kappa shape index (κ1) is 22.0. The monoisotopic (exact) mass is 451 g/mol. The Morgan fingerprint density at radius 2 is 1.68 bits per heavy atom. The summed E-state index contributed by atoms with van der Waals surface area (Å²) in [6, 6.07) is 9.36. The number of nitrogens with zero attached hydrogens (tertiary/aromatic N) is 1. The molecule has 0 aliphatic carbocycles. The van der Waals surface area contributed by atoms with Crippen LogP contribution in [-0.2, 0) is 22.8 Å². The van der Waals surface area contributed by atoms with E-state index in [1.807, 2.05) is 0 Å². The lowest BCUT2D eigenvalue weighted by Crippen LogP contribution is -2.39. The molecule has 0 spiro atoms. The fourth-order valence-electron chi connectivity index (χ4n) is 4.68. The van der Waals surface area contributed by atoms with Crippen molar-refractivity contribution in [1.29, 1.82) is 0 Å². The third-order valence-corrected chi connectivity index (χ3v) is 8.65. The minimum absolute atomic E-state index is 0.00129. The molecule has 0 amide bonds. The zero-order valence-corrected chi connectivity index (χ0v) is 18.6. The van der Waals surface area contributed by atoms with Crippen LogP contribution in [0.4, 0.5) is 8.78 Å². The van der Waals surface area contributed by atoms with Gasteiger partial charge >= 0.3 is 0 Å². The molecule has 0 radical (unpaired) electrons. The highest BCUT2D eigenvalue weighted by molar-refractivity contribution is 7.93. The van der Waals surface area contributed by atoms with Crippen molar-refractivity contribution in [1.82, 2.24) is 4.90 Å². The number of piperidine rings is 1. The molecular weight excluding hydrogens is 424 g/mol. The van der Waals surface area contributed by atoms with E-state index in [1.165, 1.54) is 32.4 Å². The molecule has 0 bridgehead atoms. The van der Waals surface area contributed by atoms with Crippen LogP contribution in [-0.4, -0.2) is 45.6 Å². The molecule has 1 fully saturated rings. The molecule has 0 aromatic heterocycles. The third kappa shape index (κ3) is 4.15. The summed E-state index contributed by atoms with van der Waals surface area (Å²) in [5.41, 5.74) is 1.47. The number of sulfone groups is 1. The summed E-state index contributed by atoms with van der Waals surface area (Å²) >= 11 is 0. The van der Waals surface area contributed by atoms with Gasteiger partial charge in [-0.1, -0.05) is 12.1 Å². The standard InChI is InChI=1S/C23H27F2NO4S/c1-29-20-11-18-14-23(25,31(27,28)22(18)12-21(20)30-2)13-16-7-9-26(10-8-16)15-17-3-5-19(24)6-4-17/h3-6,11-12,16H,7-10,13-15H2,1-2H3. The molecule has 2 aromatic rings. The maximum absolute atomic E-state index is 15.9. The molecule has 2 aromatic carbocycles. The molecule has 31 heavy (non-hydrogen) atoms. The molecule has 4 rings (SSSR count). The van der Waals surface area contributed by atoms with Crippen LogP contribution in [0, 0.1) is 11.7 Å². The molecule has 8 heteroatoms. The quantitative estimate of drug-likeness (QED) is 0.661. The van der Waals surface area contributed by atoms with Gasteiger partial charge in [-0.3, -0.25) is 4.90 Å². The van der Waals surface area contributed by atoms with Crippen LogP contribution in [0.2, 0.25) is 0 Å². The number of ether oxygens (including phenoxy) is 2. The van der Waals surface area contributed by atoms with Crippen molar-refractivity contribution in [3.05, 3.63) is 53.3 Å². The van der Waals surface area contributed by atoms with Gasteiger partial charge in [-0.2, -0.15) is 0 Å². The van der Waals surface area contributed by atoms with Crippen molar-refractivity contribution in [2.75, 3.05) is 27.3 Å². The number of likely N-dealkylation sites (tertiary alicyclic amines) is 1. The summed E-state index contributed by atoms with van der Waals surface area (Å²) < 4.78 is 65.6. The van der Waals surface area contributed by atoms with E-state index >= 15 is 4.39 Å². The van der Waals surface area contributed by atoms with Gasteiger partial charge in [-0.05, 0) is 67.6 Å². The fourth-order valence-corrected chi connectivity index (χ4v) is 6.61. The zero-order chi connectivity index (χ0) is 22.2. The minimum Gasteiger partial charge on any atom is -0.493 e. The van der Waals surface area contributed by atoms with Crippen molar-refractivity contribution in [3.8, 4) is 11.5 Å². The maximum Gasteiger partial charge on any atom is 0.219 e. The summed E-state index contributed by atoms with van der Waals surface area (Å²) in [4.78, 5) is 2.24. The van der Waals surface area contributed by atoms with Gasteiger partial charge < -0.3 is 9.47 Å². The molecule has 1 atom stereocenters. The lowest BCUT2D eigenvalue weighted by Gasteiger charge is -2.34. The second-order valence-electron chi connectivity index (χ2n) is 8.43. The molecular formula is C23H27F2NO4S. The number of benzene rings is 2. The largest absolute Gasteiger partial charge is 0.493 e. The lowest BCUT2D eigenvalue weighted by atomic mass is 9.89. The van der Waals surface area contributed by atoms with Crippen molar-refractivity contribution in [2.24, 2.45) is 5.92 Å². The summed E-state index contributed by atoms with van der Waals surface area (Å²) in [6.45, 7) is 2.22. The molecule has 168 valence electrons. The van der Waals surface area contributed by atoms with Gasteiger partial charge in [0.1, 0.15) is 5.82 Å². The first-order chi connectivity index (χ1) is 14.8. The average molecular weight is 452 g/mol. The average Bonchev–Trinajstić information content (AvgIpc) is 2.94. The third-order valence-electron chi connectivity index (χ3n) is 6.41. The van der Waals surface area contributed by atoms with E-state index in [2.05, 4.69) is 4.90 Å². The minimum atomic E-state index is -4.12. The highest BCUT2D eigenvalue weighted by Crippen LogP contribution is 2.48. The molecule has 2 heterocycles. The Bertz CT molecular complexity index is 1050. The maximum atomic E-state index is 15.9. The Morgan fingerprint density at radius 1 is 1.06 bits per heavy atom. The Balaban J connectivity index is 1.43. The SMILES string of the molecule is COc1cc2c(cc1OC)S(=O)(=O)C(F)(CC1CCN(Cc3ccc(F)cc3)CC1)C2. The van der Waals surface area contributed by atoms with Crippen molar-refractivity contribution >= 4 is 9.84 Å². The molecule has 5 nitrogen and oxygen atoms in total. The Hall–Kier alpha value is -2.19. The van der Waals surface area contributed by atoms with Gasteiger partial charge in [0.2, 0.25) is 14.8 Å². The van der Waals surface area contributed by atoms with Crippen molar-refractivity contribution < 1.29 is 26.7 Å². The molecule has 2 aliphatic rings. The Kier molecular flexibility index (Phi) is 5.96. The van der Waals surface area contributed by atoms with Gasteiger partial charge in [0.25, 0.3) is 0 Å². The second-order valence-corrected chi connectivity index (χ2v) is 10.6. The smallest absolute Gasteiger partial charge is 0.219 e. The summed E-state index contributed by atoms with van der Waals surface area (Å²) in [5.74, 6) is 0.407. The Morgan fingerprint density at radius 3 is 2.29 bits per heavy atom. The lowest BCUT2D eigenvalue weighted by molar-refractivity contribution is 0.136. The van der Waals surface area contributed by atoms with Crippen LogP contribution in [0.15, 0.2) is 41.3 Å².